The highest BCUT2D eigenvalue weighted by atomic mass is 32.2. The molecule has 0 saturated heterocycles. The molecule has 2 N–H and O–H groups in total. The molecule has 1 saturated carbocycles. The van der Waals surface area contributed by atoms with Gasteiger partial charge < -0.3 is 5.11 Å². The summed E-state index contributed by atoms with van der Waals surface area (Å²) in [5, 5.41) is 9.87. The van der Waals surface area contributed by atoms with E-state index in [1.54, 1.807) is 0 Å². The zero-order valence-corrected chi connectivity index (χ0v) is 12.0. The Labute approximate surface area is 111 Å². The molecule has 0 aliphatic heterocycles. The summed E-state index contributed by atoms with van der Waals surface area (Å²) in [6.45, 7) is 2.18. The van der Waals surface area contributed by atoms with E-state index in [1.807, 2.05) is 0 Å². The summed E-state index contributed by atoms with van der Waals surface area (Å²) in [4.78, 5) is 0. The van der Waals surface area contributed by atoms with E-state index in [-0.39, 0.29) is 5.75 Å². The van der Waals surface area contributed by atoms with Crippen molar-refractivity contribution in [3.63, 3.8) is 0 Å². The van der Waals surface area contributed by atoms with Gasteiger partial charge in [-0.2, -0.15) is 8.42 Å². The third-order valence-electron chi connectivity index (χ3n) is 4.04. The van der Waals surface area contributed by atoms with Crippen LogP contribution in [0.4, 0.5) is 0 Å². The number of aliphatic hydroxyl groups excluding tert-OH is 1. The lowest BCUT2D eigenvalue weighted by Gasteiger charge is -2.29. The van der Waals surface area contributed by atoms with Crippen molar-refractivity contribution in [1.82, 2.24) is 0 Å². The lowest BCUT2D eigenvalue weighted by atomic mass is 9.78. The molecule has 2 atom stereocenters. The lowest BCUT2D eigenvalue weighted by molar-refractivity contribution is 0.111. The molecule has 18 heavy (non-hydrogen) atoms. The van der Waals surface area contributed by atoms with Gasteiger partial charge in [0.15, 0.2) is 0 Å². The van der Waals surface area contributed by atoms with Gasteiger partial charge in [0.1, 0.15) is 0 Å². The molecule has 4 nitrogen and oxygen atoms in total. The third-order valence-corrected chi connectivity index (χ3v) is 4.84. The van der Waals surface area contributed by atoms with E-state index in [9.17, 15) is 13.5 Å². The molecule has 0 aromatic rings. The minimum Gasteiger partial charge on any atom is -0.393 e. The van der Waals surface area contributed by atoms with Crippen LogP contribution in [-0.4, -0.2) is 29.9 Å². The van der Waals surface area contributed by atoms with Crippen molar-refractivity contribution >= 4 is 10.1 Å². The molecule has 1 rings (SSSR count). The quantitative estimate of drug-likeness (QED) is 0.702. The van der Waals surface area contributed by atoms with Crippen molar-refractivity contribution < 1.29 is 18.1 Å². The number of hydrogen-bond donors (Lipinski definition) is 2. The van der Waals surface area contributed by atoms with E-state index in [4.69, 9.17) is 4.55 Å². The topological polar surface area (TPSA) is 74.6 Å². The first-order chi connectivity index (χ1) is 8.38. The number of rotatable bonds is 7. The Morgan fingerprint density at radius 3 is 2.39 bits per heavy atom. The van der Waals surface area contributed by atoms with E-state index < -0.39 is 16.2 Å². The SMILES string of the molecule is CC(CC(O)CCCS(=O)(=O)O)C1CCCCC1. The van der Waals surface area contributed by atoms with Crippen molar-refractivity contribution in [2.75, 3.05) is 5.75 Å². The van der Waals surface area contributed by atoms with E-state index in [0.717, 1.165) is 12.3 Å². The normalized spacial score (nSPS) is 21.7. The monoisotopic (exact) mass is 278 g/mol. The van der Waals surface area contributed by atoms with Gasteiger partial charge in [0.05, 0.1) is 11.9 Å². The number of aliphatic hydroxyl groups is 1. The van der Waals surface area contributed by atoms with Crippen molar-refractivity contribution in [3.05, 3.63) is 0 Å². The predicted molar refractivity (Wildman–Crippen MR) is 72.0 cm³/mol. The lowest BCUT2D eigenvalue weighted by Crippen LogP contribution is -2.21. The number of hydrogen-bond acceptors (Lipinski definition) is 3. The maximum Gasteiger partial charge on any atom is 0.264 e. The molecule has 1 fully saturated rings. The highest BCUT2D eigenvalue weighted by Gasteiger charge is 2.22. The summed E-state index contributed by atoms with van der Waals surface area (Å²) in [7, 11) is -3.88. The minimum absolute atomic E-state index is 0.248. The third kappa shape index (κ3) is 6.71. The highest BCUT2D eigenvalue weighted by molar-refractivity contribution is 7.85. The summed E-state index contributed by atoms with van der Waals surface area (Å²) in [5.41, 5.74) is 0. The zero-order chi connectivity index (χ0) is 13.6. The Morgan fingerprint density at radius 2 is 1.83 bits per heavy atom. The average Bonchev–Trinajstić information content (AvgIpc) is 2.28. The molecule has 2 unspecified atom stereocenters. The van der Waals surface area contributed by atoms with Crippen LogP contribution in [0.3, 0.4) is 0 Å². The maximum absolute atomic E-state index is 10.6. The van der Waals surface area contributed by atoms with E-state index in [2.05, 4.69) is 6.92 Å². The summed E-state index contributed by atoms with van der Waals surface area (Å²) in [6, 6.07) is 0. The van der Waals surface area contributed by atoms with Crippen LogP contribution in [0.5, 0.6) is 0 Å². The summed E-state index contributed by atoms with van der Waals surface area (Å²) >= 11 is 0. The highest BCUT2D eigenvalue weighted by Crippen LogP contribution is 2.32. The molecule has 0 heterocycles. The molecule has 5 heteroatoms. The van der Waals surface area contributed by atoms with Gasteiger partial charge in [-0.25, -0.2) is 0 Å². The summed E-state index contributed by atoms with van der Waals surface area (Å²) in [6.07, 6.45) is 7.55. The first-order valence-electron chi connectivity index (χ1n) is 7.01. The molecule has 1 aliphatic carbocycles. The molecule has 0 amide bonds. The fraction of sp³-hybridized carbons (Fsp3) is 1.00. The zero-order valence-electron chi connectivity index (χ0n) is 11.2. The molecular formula is C13H26O4S. The first-order valence-corrected chi connectivity index (χ1v) is 8.62. The molecule has 0 aromatic heterocycles. The van der Waals surface area contributed by atoms with Crippen molar-refractivity contribution in [1.29, 1.82) is 0 Å². The van der Waals surface area contributed by atoms with Crippen molar-refractivity contribution in [3.8, 4) is 0 Å². The first kappa shape index (κ1) is 15.9. The van der Waals surface area contributed by atoms with Crippen molar-refractivity contribution in [2.24, 2.45) is 11.8 Å². The van der Waals surface area contributed by atoms with Gasteiger partial charge >= 0.3 is 0 Å². The second kappa shape index (κ2) is 7.46. The second-order valence-electron chi connectivity index (χ2n) is 5.69. The van der Waals surface area contributed by atoms with Gasteiger partial charge in [0.2, 0.25) is 0 Å². The average molecular weight is 278 g/mol. The molecule has 0 aromatic carbocycles. The van der Waals surface area contributed by atoms with Crippen LogP contribution in [0.1, 0.15) is 58.3 Å². The smallest absolute Gasteiger partial charge is 0.264 e. The molecule has 0 spiro atoms. The molecule has 1 aliphatic rings. The van der Waals surface area contributed by atoms with Crippen LogP contribution >= 0.6 is 0 Å². The van der Waals surface area contributed by atoms with Crippen molar-refractivity contribution in [2.45, 2.75) is 64.4 Å². The maximum atomic E-state index is 10.6. The van der Waals surface area contributed by atoms with Crippen LogP contribution < -0.4 is 0 Å². The largest absolute Gasteiger partial charge is 0.393 e. The fourth-order valence-corrected chi connectivity index (χ4v) is 3.48. The Hall–Kier alpha value is -0.130. The van der Waals surface area contributed by atoms with E-state index in [1.165, 1.54) is 32.1 Å². The molecule has 0 bridgehead atoms. The van der Waals surface area contributed by atoms with Crippen LogP contribution in [0, 0.1) is 11.8 Å². The Bertz CT molecular complexity index is 320. The second-order valence-corrected chi connectivity index (χ2v) is 7.27. The Morgan fingerprint density at radius 1 is 1.22 bits per heavy atom. The molecule has 108 valence electrons. The summed E-state index contributed by atoms with van der Waals surface area (Å²) in [5.74, 6) is 0.975. The van der Waals surface area contributed by atoms with Gasteiger partial charge in [-0.15, -0.1) is 0 Å². The van der Waals surface area contributed by atoms with Gasteiger partial charge in [0.25, 0.3) is 10.1 Å². The molecular weight excluding hydrogens is 252 g/mol. The van der Waals surface area contributed by atoms with Crippen LogP contribution in [0.2, 0.25) is 0 Å². The van der Waals surface area contributed by atoms with Gasteiger partial charge in [-0.3, -0.25) is 4.55 Å². The predicted octanol–water partition coefficient (Wildman–Crippen LogP) is 2.62. The molecule has 0 radical (unpaired) electrons. The van der Waals surface area contributed by atoms with E-state index >= 15 is 0 Å². The van der Waals surface area contributed by atoms with Gasteiger partial charge in [-0.05, 0) is 31.1 Å². The Balaban J connectivity index is 2.20. The summed E-state index contributed by atoms with van der Waals surface area (Å²) < 4.78 is 29.7. The van der Waals surface area contributed by atoms with Crippen LogP contribution in [-0.2, 0) is 10.1 Å². The van der Waals surface area contributed by atoms with E-state index in [0.29, 0.717) is 18.8 Å². The standard InChI is InChI=1S/C13H26O4S/c1-11(12-6-3-2-4-7-12)10-13(14)8-5-9-18(15,16)17/h11-14H,2-10H2,1H3,(H,15,16,17). The van der Waals surface area contributed by atoms with Gasteiger partial charge in [0, 0.05) is 0 Å². The van der Waals surface area contributed by atoms with Gasteiger partial charge in [-0.1, -0.05) is 39.0 Å². The Kier molecular flexibility index (Phi) is 6.60. The van der Waals surface area contributed by atoms with Crippen LogP contribution in [0.15, 0.2) is 0 Å². The fourth-order valence-electron chi connectivity index (χ4n) is 2.94. The van der Waals surface area contributed by atoms with Crippen LogP contribution in [0.25, 0.3) is 0 Å². The minimum atomic E-state index is -3.88.